The predicted molar refractivity (Wildman–Crippen MR) is 145 cm³/mol. The lowest BCUT2D eigenvalue weighted by molar-refractivity contribution is -0.150. The fraction of sp³-hybridized carbons (Fsp3) is 0.462. The third-order valence-electron chi connectivity index (χ3n) is 6.56. The molecule has 0 radical (unpaired) electrons. The van der Waals surface area contributed by atoms with Gasteiger partial charge in [-0.2, -0.15) is 8.42 Å². The molecular weight excluding hydrogens is 509 g/mol. The van der Waals surface area contributed by atoms with E-state index >= 15 is 0 Å². The molecule has 10 nitrogen and oxygen atoms in total. The van der Waals surface area contributed by atoms with Crippen LogP contribution in [0, 0.1) is 5.41 Å². The maximum Gasteiger partial charge on any atom is 0.451 e. The van der Waals surface area contributed by atoms with E-state index in [1.54, 1.807) is 30.1 Å². The minimum atomic E-state index is -4.00. The average Bonchev–Trinajstić information content (AvgIpc) is 3.39. The summed E-state index contributed by atoms with van der Waals surface area (Å²) in [6.07, 6.45) is 4.01. The minimum Gasteiger partial charge on any atom is -0.427 e. The number of nitrogens with one attached hydrogen (secondary N) is 1. The Morgan fingerprint density at radius 2 is 1.61 bits per heavy atom. The molecule has 0 bridgehead atoms. The molecule has 3 rings (SSSR count). The second-order valence-corrected chi connectivity index (χ2v) is 11.0. The van der Waals surface area contributed by atoms with Crippen LogP contribution in [-0.4, -0.2) is 66.6 Å². The van der Waals surface area contributed by atoms with Gasteiger partial charge in [-0.1, -0.05) is 67.8 Å². The van der Waals surface area contributed by atoms with Gasteiger partial charge in [-0.05, 0) is 49.7 Å². The highest BCUT2D eigenvalue weighted by Crippen LogP contribution is 2.40. The van der Waals surface area contributed by atoms with Crippen molar-refractivity contribution in [2.24, 2.45) is 11.1 Å². The molecule has 0 aromatic heterocycles. The van der Waals surface area contributed by atoms with Crippen LogP contribution in [0.5, 0.6) is 0 Å². The zero-order valence-electron chi connectivity index (χ0n) is 21.7. The lowest BCUT2D eigenvalue weighted by Gasteiger charge is -2.32. The zero-order chi connectivity index (χ0) is 28.2. The van der Waals surface area contributed by atoms with Crippen molar-refractivity contribution in [3.63, 3.8) is 0 Å². The zero-order valence-corrected chi connectivity index (χ0v) is 22.5. The summed E-state index contributed by atoms with van der Waals surface area (Å²) >= 11 is 0. The van der Waals surface area contributed by atoms with Gasteiger partial charge in [0.05, 0.1) is 11.1 Å². The topological polar surface area (TPSA) is 170 Å². The Morgan fingerprint density at radius 1 is 1.05 bits per heavy atom. The predicted octanol–water partition coefficient (Wildman–Crippen LogP) is 1.84. The summed E-state index contributed by atoms with van der Waals surface area (Å²) in [5, 5.41) is 20.6. The van der Waals surface area contributed by atoms with Crippen LogP contribution in [0.25, 0.3) is 0 Å². The molecule has 0 heterocycles. The molecule has 1 unspecified atom stereocenters. The molecule has 0 saturated heterocycles. The molecule has 1 fully saturated rings. The summed E-state index contributed by atoms with van der Waals surface area (Å²) in [4.78, 5) is 27.7. The van der Waals surface area contributed by atoms with Gasteiger partial charge in [0.2, 0.25) is 11.8 Å². The average molecular weight is 547 g/mol. The standard InChI is InChI=1S/C20H32BN3O4.C6H6O3S/c1-24(15-11-16-8-3-2-4-9-16)19(26)20(12-5-6-13-20)18(25)23-17(22)10-7-14-21(27)28;7-10(8,9)6-4-2-1-3-5-6/h2-4,8-9,17,27-28H,5-7,10-15,22H2,1H3,(H,23,25);1-5H,(H,7,8,9). The van der Waals surface area contributed by atoms with Crippen molar-refractivity contribution in [1.29, 1.82) is 0 Å². The van der Waals surface area contributed by atoms with E-state index in [0.717, 1.165) is 24.8 Å². The van der Waals surface area contributed by atoms with Gasteiger partial charge in [0.15, 0.2) is 0 Å². The molecule has 208 valence electrons. The number of rotatable bonds is 11. The van der Waals surface area contributed by atoms with Crippen molar-refractivity contribution in [3.05, 3.63) is 66.2 Å². The van der Waals surface area contributed by atoms with Crippen molar-refractivity contribution in [1.82, 2.24) is 10.2 Å². The van der Waals surface area contributed by atoms with E-state index < -0.39 is 28.8 Å². The lowest BCUT2D eigenvalue weighted by Crippen LogP contribution is -2.54. The number of likely N-dealkylation sites (N-methyl/N-ethyl adjacent to an activating group) is 1. The van der Waals surface area contributed by atoms with Crippen molar-refractivity contribution in [3.8, 4) is 0 Å². The van der Waals surface area contributed by atoms with Crippen LogP contribution < -0.4 is 11.1 Å². The molecular formula is C26H38BN3O7S. The molecule has 1 atom stereocenters. The number of hydrogen-bond donors (Lipinski definition) is 5. The monoisotopic (exact) mass is 547 g/mol. The normalized spacial score (nSPS) is 15.1. The first-order valence-corrected chi connectivity index (χ1v) is 14.1. The summed E-state index contributed by atoms with van der Waals surface area (Å²) in [7, 11) is -3.62. The largest absolute Gasteiger partial charge is 0.451 e. The third kappa shape index (κ3) is 9.84. The highest BCUT2D eigenvalue weighted by molar-refractivity contribution is 7.85. The van der Waals surface area contributed by atoms with Crippen molar-refractivity contribution in [2.45, 2.75) is 62.3 Å². The Hall–Kier alpha value is -2.77. The van der Waals surface area contributed by atoms with E-state index in [9.17, 15) is 18.0 Å². The van der Waals surface area contributed by atoms with E-state index in [2.05, 4.69) is 5.32 Å². The lowest BCUT2D eigenvalue weighted by atomic mass is 9.82. The number of carbonyl (C=O) groups excluding carboxylic acids is 2. The molecule has 2 aromatic carbocycles. The molecule has 38 heavy (non-hydrogen) atoms. The van der Waals surface area contributed by atoms with Gasteiger partial charge in [-0.3, -0.25) is 14.1 Å². The Morgan fingerprint density at radius 3 is 2.11 bits per heavy atom. The van der Waals surface area contributed by atoms with Gasteiger partial charge in [-0.25, -0.2) is 0 Å². The summed E-state index contributed by atoms with van der Waals surface area (Å²) in [6, 6.07) is 17.4. The molecule has 0 spiro atoms. The minimum absolute atomic E-state index is 0.0741. The van der Waals surface area contributed by atoms with Gasteiger partial charge in [0.1, 0.15) is 5.41 Å². The number of nitrogens with two attached hydrogens (primary N) is 1. The van der Waals surface area contributed by atoms with Crippen LogP contribution in [0.15, 0.2) is 65.6 Å². The van der Waals surface area contributed by atoms with Crippen LogP contribution in [0.3, 0.4) is 0 Å². The third-order valence-corrected chi connectivity index (χ3v) is 7.43. The molecule has 2 aromatic rings. The molecule has 12 heteroatoms. The maximum atomic E-state index is 13.2. The van der Waals surface area contributed by atoms with Gasteiger partial charge in [0, 0.05) is 13.6 Å². The van der Waals surface area contributed by atoms with Crippen molar-refractivity contribution in [2.75, 3.05) is 13.6 Å². The van der Waals surface area contributed by atoms with E-state index in [4.69, 9.17) is 20.3 Å². The molecule has 2 amide bonds. The van der Waals surface area contributed by atoms with Crippen LogP contribution in [0.4, 0.5) is 0 Å². The molecule has 1 saturated carbocycles. The van der Waals surface area contributed by atoms with Gasteiger partial charge in [0.25, 0.3) is 10.1 Å². The van der Waals surface area contributed by atoms with Gasteiger partial charge >= 0.3 is 7.12 Å². The molecule has 0 aliphatic heterocycles. The van der Waals surface area contributed by atoms with Crippen molar-refractivity contribution < 1.29 is 32.6 Å². The second kappa shape index (κ2) is 15.0. The Balaban J connectivity index is 0.000000423. The maximum absolute atomic E-state index is 13.2. The van der Waals surface area contributed by atoms with Gasteiger partial charge < -0.3 is 26.0 Å². The fourth-order valence-electron chi connectivity index (χ4n) is 4.42. The van der Waals surface area contributed by atoms with Crippen molar-refractivity contribution >= 4 is 29.1 Å². The number of benzene rings is 2. The first-order valence-electron chi connectivity index (χ1n) is 12.7. The Labute approximate surface area is 225 Å². The van der Waals surface area contributed by atoms with Crippen LogP contribution in [0.2, 0.25) is 6.32 Å². The van der Waals surface area contributed by atoms with E-state index in [0.29, 0.717) is 32.2 Å². The molecule has 6 N–H and O–H groups in total. The summed E-state index contributed by atoms with van der Waals surface area (Å²) < 4.78 is 29.2. The summed E-state index contributed by atoms with van der Waals surface area (Å²) in [6.45, 7) is 0.554. The van der Waals surface area contributed by atoms with Crippen LogP contribution >= 0.6 is 0 Å². The first kappa shape index (κ1) is 31.5. The Kier molecular flexibility index (Phi) is 12.4. The Bertz CT molecular complexity index is 1110. The fourth-order valence-corrected chi connectivity index (χ4v) is 4.92. The van der Waals surface area contributed by atoms with Crippen LogP contribution in [0.1, 0.15) is 44.1 Å². The highest BCUT2D eigenvalue weighted by Gasteiger charge is 2.49. The summed E-state index contributed by atoms with van der Waals surface area (Å²) in [5.74, 6) is -0.449. The van der Waals surface area contributed by atoms with Gasteiger partial charge in [-0.15, -0.1) is 0 Å². The smallest absolute Gasteiger partial charge is 0.427 e. The first-order chi connectivity index (χ1) is 18.0. The highest BCUT2D eigenvalue weighted by atomic mass is 32.2. The van der Waals surface area contributed by atoms with Crippen LogP contribution in [-0.2, 0) is 26.1 Å². The quantitative estimate of drug-likeness (QED) is 0.123. The number of amides is 2. The number of nitrogens with zero attached hydrogens (tertiary/aromatic N) is 1. The van der Waals surface area contributed by atoms with E-state index in [1.807, 2.05) is 30.3 Å². The molecule has 1 aliphatic carbocycles. The second-order valence-electron chi connectivity index (χ2n) is 9.53. The van der Waals surface area contributed by atoms with E-state index in [-0.39, 0.29) is 23.0 Å². The number of hydrogen-bond acceptors (Lipinski definition) is 7. The summed E-state index contributed by atoms with van der Waals surface area (Å²) in [5.41, 5.74) is 6.09. The SMILES string of the molecule is CN(CCc1ccccc1)C(=O)C1(C(=O)NC(N)CCCB(O)O)CCCC1.O=S(=O)(O)c1ccccc1. The number of carbonyl (C=O) groups is 2. The molecule has 1 aliphatic rings. The van der Waals surface area contributed by atoms with E-state index in [1.165, 1.54) is 12.1 Å².